The number of aliphatic carboxylic acids is 1. The number of aliphatic hydroxyl groups excluding tert-OH is 1. The van der Waals surface area contributed by atoms with E-state index in [4.69, 9.17) is 10.5 Å². The van der Waals surface area contributed by atoms with Crippen molar-refractivity contribution in [2.75, 3.05) is 25.1 Å². The number of carbonyl (C=O) groups is 2. The standard InChI is InChI=1S/C24H28F3N3O7S/c1-37-19-9-15(10-23(19,21(33)34)18-11-22(18,12-28)20(29)32)38(35,36)17-3-2-13(8-16(17)24(25,26)27)30-6-4-14(31)5-7-30/h2-3,8,14-15,18-19,31H,4-7,9-11H2,1H3,(H2,29,32)(H,33,34)/t15-,18?,19+,22?,23+/m0/s1. The van der Waals surface area contributed by atoms with Crippen LogP contribution >= 0.6 is 0 Å². The molecule has 2 unspecified atom stereocenters. The average molecular weight is 560 g/mol. The Morgan fingerprint density at radius 1 is 1.24 bits per heavy atom. The number of nitrogens with zero attached hydrogens (tertiary/aromatic N) is 2. The number of anilines is 1. The normalized spacial score (nSPS) is 32.1. The molecule has 5 atom stereocenters. The van der Waals surface area contributed by atoms with E-state index < -0.39 is 85.4 Å². The number of alkyl halides is 3. The van der Waals surface area contributed by atoms with Crippen molar-refractivity contribution in [2.24, 2.45) is 22.5 Å². The van der Waals surface area contributed by atoms with Gasteiger partial charge in [-0.05, 0) is 50.3 Å². The second kappa shape index (κ2) is 9.39. The van der Waals surface area contributed by atoms with Gasteiger partial charge in [0.1, 0.15) is 10.8 Å². The highest BCUT2D eigenvalue weighted by Crippen LogP contribution is 2.66. The molecule has 3 fully saturated rings. The van der Waals surface area contributed by atoms with Crippen LogP contribution in [0.4, 0.5) is 18.9 Å². The van der Waals surface area contributed by atoms with Crippen LogP contribution in [0.25, 0.3) is 0 Å². The quantitative estimate of drug-likeness (QED) is 0.450. The van der Waals surface area contributed by atoms with E-state index >= 15 is 0 Å². The number of hydrogen-bond acceptors (Lipinski definition) is 8. The van der Waals surface area contributed by atoms with Crippen LogP contribution < -0.4 is 10.6 Å². The Labute approximate surface area is 217 Å². The zero-order valence-corrected chi connectivity index (χ0v) is 21.3. The van der Waals surface area contributed by atoms with E-state index in [2.05, 4.69) is 0 Å². The van der Waals surface area contributed by atoms with Gasteiger partial charge in [-0.25, -0.2) is 8.42 Å². The molecule has 1 aliphatic heterocycles. The Kier molecular flexibility index (Phi) is 6.95. The highest BCUT2D eigenvalue weighted by molar-refractivity contribution is 7.92. The lowest BCUT2D eigenvalue weighted by atomic mass is 9.75. The number of benzene rings is 1. The van der Waals surface area contributed by atoms with Crippen LogP contribution in [0.5, 0.6) is 0 Å². The summed E-state index contributed by atoms with van der Waals surface area (Å²) in [5, 5.41) is 27.8. The lowest BCUT2D eigenvalue weighted by Crippen LogP contribution is -2.44. The summed E-state index contributed by atoms with van der Waals surface area (Å²) in [4.78, 5) is 25.2. The summed E-state index contributed by atoms with van der Waals surface area (Å²) in [5.41, 5.74) is 0.297. The van der Waals surface area contributed by atoms with Crippen molar-refractivity contribution in [1.29, 1.82) is 5.26 Å². The fourth-order valence-electron chi connectivity index (χ4n) is 6.15. The van der Waals surface area contributed by atoms with Crippen molar-refractivity contribution in [1.82, 2.24) is 0 Å². The van der Waals surface area contributed by atoms with Gasteiger partial charge in [-0.1, -0.05) is 0 Å². The predicted molar refractivity (Wildman–Crippen MR) is 125 cm³/mol. The summed E-state index contributed by atoms with van der Waals surface area (Å²) in [6, 6.07) is 4.64. The van der Waals surface area contributed by atoms with Gasteiger partial charge in [0.2, 0.25) is 5.91 Å². The van der Waals surface area contributed by atoms with Gasteiger partial charge in [-0.3, -0.25) is 9.59 Å². The van der Waals surface area contributed by atoms with Crippen LogP contribution in [-0.2, 0) is 30.3 Å². The lowest BCUT2D eigenvalue weighted by molar-refractivity contribution is -0.159. The van der Waals surface area contributed by atoms with Crippen LogP contribution in [0.15, 0.2) is 23.1 Å². The van der Waals surface area contributed by atoms with Crippen LogP contribution in [0.1, 0.15) is 37.7 Å². The number of ether oxygens (including phenoxy) is 1. The number of nitriles is 1. The van der Waals surface area contributed by atoms with Crippen LogP contribution in [0.3, 0.4) is 0 Å². The molecule has 2 saturated carbocycles. The molecule has 3 aliphatic rings. The number of rotatable bonds is 7. The van der Waals surface area contributed by atoms with Gasteiger partial charge in [0.25, 0.3) is 0 Å². The Balaban J connectivity index is 1.74. The van der Waals surface area contributed by atoms with Gasteiger partial charge in [0, 0.05) is 31.8 Å². The molecule has 14 heteroatoms. The maximum absolute atomic E-state index is 14.1. The molecule has 38 heavy (non-hydrogen) atoms. The first-order valence-electron chi connectivity index (χ1n) is 12.0. The molecule has 0 aromatic heterocycles. The number of carboxylic acids is 1. The Morgan fingerprint density at radius 2 is 1.87 bits per heavy atom. The number of carbonyl (C=O) groups excluding carboxylic acids is 1. The molecule has 208 valence electrons. The van der Waals surface area contributed by atoms with Crippen molar-refractivity contribution >= 4 is 27.4 Å². The fraction of sp³-hybridized carbons (Fsp3) is 0.625. The van der Waals surface area contributed by atoms with E-state index in [0.29, 0.717) is 25.9 Å². The van der Waals surface area contributed by atoms with E-state index in [1.165, 1.54) is 6.07 Å². The number of hydrogen-bond donors (Lipinski definition) is 3. The Hall–Kier alpha value is -2.89. The molecule has 10 nitrogen and oxygen atoms in total. The highest BCUT2D eigenvalue weighted by Gasteiger charge is 2.75. The molecular formula is C24H28F3N3O7S. The predicted octanol–water partition coefficient (Wildman–Crippen LogP) is 1.70. The average Bonchev–Trinajstić information content (AvgIpc) is 3.48. The van der Waals surface area contributed by atoms with Crippen LogP contribution in [0, 0.1) is 28.1 Å². The first kappa shape index (κ1) is 28.1. The number of piperidine rings is 1. The number of carboxylic acid groups (broad SMARTS) is 1. The molecule has 0 radical (unpaired) electrons. The van der Waals surface area contributed by atoms with Gasteiger partial charge >= 0.3 is 12.1 Å². The number of primary amides is 1. The summed E-state index contributed by atoms with van der Waals surface area (Å²) >= 11 is 0. The lowest BCUT2D eigenvalue weighted by Gasteiger charge is -2.32. The van der Waals surface area contributed by atoms with E-state index in [-0.39, 0.29) is 12.1 Å². The first-order chi connectivity index (χ1) is 17.6. The number of halogens is 3. The largest absolute Gasteiger partial charge is 0.481 e. The van der Waals surface area contributed by atoms with E-state index in [0.717, 1.165) is 19.2 Å². The maximum Gasteiger partial charge on any atom is 0.417 e. The van der Waals surface area contributed by atoms with Crippen molar-refractivity contribution < 1.29 is 46.1 Å². The SMILES string of the molecule is CO[C@@H]1C[C@H](S(=O)(=O)c2ccc(N3CCC(O)CC3)cc2C(F)(F)F)C[C@@]1(C(=O)O)C1CC1(C#N)C(N)=O. The zero-order valence-electron chi connectivity index (χ0n) is 20.4. The van der Waals surface area contributed by atoms with E-state index in [9.17, 15) is 46.7 Å². The molecule has 1 amide bonds. The second-order valence-electron chi connectivity index (χ2n) is 10.3. The Morgan fingerprint density at radius 3 is 2.34 bits per heavy atom. The summed E-state index contributed by atoms with van der Waals surface area (Å²) in [6.07, 6.45) is -7.46. The molecule has 1 aromatic carbocycles. The van der Waals surface area contributed by atoms with E-state index in [1.54, 1.807) is 11.0 Å². The minimum atomic E-state index is -5.03. The first-order valence-corrected chi connectivity index (χ1v) is 13.5. The van der Waals surface area contributed by atoms with E-state index in [1.807, 2.05) is 0 Å². The summed E-state index contributed by atoms with van der Waals surface area (Å²) in [5.74, 6) is -3.71. The van der Waals surface area contributed by atoms with Gasteiger partial charge in [-0.15, -0.1) is 0 Å². The molecule has 1 aromatic rings. The monoisotopic (exact) mass is 559 g/mol. The van der Waals surface area contributed by atoms with Gasteiger partial charge < -0.3 is 25.6 Å². The molecule has 1 heterocycles. The van der Waals surface area contributed by atoms with Crippen molar-refractivity contribution in [3.05, 3.63) is 23.8 Å². The van der Waals surface area contributed by atoms with Crippen molar-refractivity contribution in [3.63, 3.8) is 0 Å². The van der Waals surface area contributed by atoms with Crippen LogP contribution in [-0.4, -0.2) is 68.2 Å². The van der Waals surface area contributed by atoms with Crippen molar-refractivity contribution in [3.8, 4) is 6.07 Å². The van der Waals surface area contributed by atoms with Gasteiger partial charge in [0.15, 0.2) is 9.84 Å². The number of sulfone groups is 1. The number of nitrogens with two attached hydrogens (primary N) is 1. The molecule has 2 aliphatic carbocycles. The third kappa shape index (κ3) is 4.30. The number of methoxy groups -OCH3 is 1. The molecular weight excluding hydrogens is 531 g/mol. The zero-order chi connectivity index (χ0) is 28.3. The minimum absolute atomic E-state index is 0.155. The highest BCUT2D eigenvalue weighted by atomic mass is 32.2. The molecule has 0 spiro atoms. The fourth-order valence-corrected chi connectivity index (χ4v) is 8.17. The third-order valence-electron chi connectivity index (χ3n) is 8.37. The van der Waals surface area contributed by atoms with Crippen LogP contribution in [0.2, 0.25) is 0 Å². The third-order valence-corrected chi connectivity index (χ3v) is 10.6. The number of amides is 1. The van der Waals surface area contributed by atoms with Crippen molar-refractivity contribution in [2.45, 2.75) is 60.6 Å². The van der Waals surface area contributed by atoms with Gasteiger partial charge in [-0.2, -0.15) is 18.4 Å². The maximum atomic E-state index is 14.1. The minimum Gasteiger partial charge on any atom is -0.481 e. The molecule has 4 rings (SSSR count). The van der Waals surface area contributed by atoms with Gasteiger partial charge in [0.05, 0.1) is 34.0 Å². The smallest absolute Gasteiger partial charge is 0.417 e. The Bertz CT molecular complexity index is 1290. The molecule has 4 N–H and O–H groups in total. The topological polar surface area (TPSA) is 171 Å². The summed E-state index contributed by atoms with van der Waals surface area (Å²) in [6.45, 7) is 0.595. The summed E-state index contributed by atoms with van der Waals surface area (Å²) < 4.78 is 75.1. The molecule has 0 bridgehead atoms. The molecule has 1 saturated heterocycles. The summed E-state index contributed by atoms with van der Waals surface area (Å²) in [7, 11) is -3.60. The second-order valence-corrected chi connectivity index (χ2v) is 12.5. The number of aliphatic hydroxyl groups is 1.